The molecule has 0 unspecified atom stereocenters. The monoisotopic (exact) mass is 376 g/mol. The summed E-state index contributed by atoms with van der Waals surface area (Å²) in [6.07, 6.45) is 5.79. The van der Waals surface area contributed by atoms with Crippen molar-refractivity contribution in [2.45, 2.75) is 43.3 Å². The van der Waals surface area contributed by atoms with Crippen molar-refractivity contribution in [3.63, 3.8) is 0 Å². The second-order valence-electron chi connectivity index (χ2n) is 5.84. The summed E-state index contributed by atoms with van der Waals surface area (Å²) in [4.78, 5) is 12.1. The molecule has 0 spiro atoms. The van der Waals surface area contributed by atoms with Crippen LogP contribution in [-0.2, 0) is 4.79 Å². The van der Waals surface area contributed by atoms with Crippen molar-refractivity contribution in [1.82, 2.24) is 20.2 Å². The van der Waals surface area contributed by atoms with Gasteiger partial charge in [0.2, 0.25) is 11.1 Å². The van der Waals surface area contributed by atoms with E-state index in [1.54, 1.807) is 18.2 Å². The standard InChI is InChI=1S/C16H17ClN6OS/c17-14-8-12(7-6-11(14)9-18)19-15(24)10-25-16-20-21-22-23(16)13-4-2-1-3-5-13/h6-8,13H,1-5,10H2,(H,19,24). The van der Waals surface area contributed by atoms with Gasteiger partial charge in [0.1, 0.15) is 6.07 Å². The van der Waals surface area contributed by atoms with Crippen LogP contribution in [0.1, 0.15) is 43.7 Å². The molecule has 1 fully saturated rings. The maximum Gasteiger partial charge on any atom is 0.234 e. The molecule has 7 nitrogen and oxygen atoms in total. The lowest BCUT2D eigenvalue weighted by Crippen LogP contribution is -2.17. The zero-order valence-electron chi connectivity index (χ0n) is 13.5. The van der Waals surface area contributed by atoms with Crippen LogP contribution in [0.5, 0.6) is 0 Å². The summed E-state index contributed by atoms with van der Waals surface area (Å²) in [6, 6.07) is 7.10. The van der Waals surface area contributed by atoms with Crippen molar-refractivity contribution in [1.29, 1.82) is 5.26 Å². The first-order valence-electron chi connectivity index (χ1n) is 8.07. The zero-order valence-corrected chi connectivity index (χ0v) is 15.1. The Morgan fingerprint density at radius 3 is 2.92 bits per heavy atom. The van der Waals surface area contributed by atoms with Crippen LogP contribution in [0, 0.1) is 11.3 Å². The number of anilines is 1. The van der Waals surface area contributed by atoms with E-state index < -0.39 is 0 Å². The molecule has 9 heteroatoms. The molecule has 3 rings (SSSR count). The van der Waals surface area contributed by atoms with Crippen molar-refractivity contribution in [3.8, 4) is 6.07 Å². The third kappa shape index (κ3) is 4.50. The van der Waals surface area contributed by atoms with Crippen LogP contribution < -0.4 is 5.32 Å². The minimum absolute atomic E-state index is 0.177. The number of carbonyl (C=O) groups is 1. The third-order valence-electron chi connectivity index (χ3n) is 4.09. The van der Waals surface area contributed by atoms with E-state index in [2.05, 4.69) is 20.8 Å². The Morgan fingerprint density at radius 1 is 1.40 bits per heavy atom. The third-order valence-corrected chi connectivity index (χ3v) is 5.33. The van der Waals surface area contributed by atoms with Gasteiger partial charge < -0.3 is 5.32 Å². The molecule has 1 aromatic heterocycles. The first-order chi connectivity index (χ1) is 12.2. The van der Waals surface area contributed by atoms with Gasteiger partial charge in [-0.3, -0.25) is 4.79 Å². The van der Waals surface area contributed by atoms with Gasteiger partial charge in [-0.15, -0.1) is 5.10 Å². The van der Waals surface area contributed by atoms with Gasteiger partial charge in [-0.1, -0.05) is 42.6 Å². The van der Waals surface area contributed by atoms with Crippen molar-refractivity contribution >= 4 is 35.0 Å². The largest absolute Gasteiger partial charge is 0.325 e. The maximum absolute atomic E-state index is 12.1. The summed E-state index contributed by atoms with van der Waals surface area (Å²) < 4.78 is 1.84. The molecule has 1 heterocycles. The number of nitrogens with zero attached hydrogens (tertiary/aromatic N) is 5. The number of tetrazole rings is 1. The Hall–Kier alpha value is -2.11. The number of amides is 1. The molecule has 1 aliphatic carbocycles. The summed E-state index contributed by atoms with van der Waals surface area (Å²) >= 11 is 7.29. The van der Waals surface area contributed by atoms with E-state index in [9.17, 15) is 4.79 Å². The number of rotatable bonds is 5. The average Bonchev–Trinajstić information content (AvgIpc) is 3.09. The highest BCUT2D eigenvalue weighted by Crippen LogP contribution is 2.30. The Balaban J connectivity index is 1.57. The topological polar surface area (TPSA) is 96.5 Å². The molecular formula is C16H17ClN6OS. The van der Waals surface area contributed by atoms with E-state index in [4.69, 9.17) is 16.9 Å². The SMILES string of the molecule is N#Cc1ccc(NC(=O)CSc2nnnn2C2CCCCC2)cc1Cl. The highest BCUT2D eigenvalue weighted by atomic mass is 35.5. The molecule has 1 N–H and O–H groups in total. The second kappa shape index (κ2) is 8.32. The fourth-order valence-electron chi connectivity index (χ4n) is 2.85. The molecule has 0 atom stereocenters. The van der Waals surface area contributed by atoms with Crippen molar-refractivity contribution in [2.75, 3.05) is 11.1 Å². The van der Waals surface area contributed by atoms with Crippen molar-refractivity contribution in [3.05, 3.63) is 28.8 Å². The van der Waals surface area contributed by atoms with Crippen LogP contribution in [0.2, 0.25) is 5.02 Å². The highest BCUT2D eigenvalue weighted by molar-refractivity contribution is 7.99. The zero-order chi connectivity index (χ0) is 17.6. The fourth-order valence-corrected chi connectivity index (χ4v) is 3.81. The van der Waals surface area contributed by atoms with Gasteiger partial charge in [0.15, 0.2) is 0 Å². The van der Waals surface area contributed by atoms with Gasteiger partial charge in [-0.25, -0.2) is 4.68 Å². The molecule has 0 radical (unpaired) electrons. The fraction of sp³-hybridized carbons (Fsp3) is 0.438. The lowest BCUT2D eigenvalue weighted by Gasteiger charge is -2.21. The molecule has 0 bridgehead atoms. The Labute approximate surface area is 154 Å². The average molecular weight is 377 g/mol. The smallest absolute Gasteiger partial charge is 0.234 e. The number of halogens is 1. The van der Waals surface area contributed by atoms with Crippen molar-refractivity contribution in [2.24, 2.45) is 0 Å². The molecular weight excluding hydrogens is 360 g/mol. The Bertz CT molecular complexity index is 796. The van der Waals surface area contributed by atoms with E-state index in [-0.39, 0.29) is 11.7 Å². The molecule has 130 valence electrons. The first kappa shape index (κ1) is 17.7. The summed E-state index contributed by atoms with van der Waals surface area (Å²) in [5.41, 5.74) is 0.933. The van der Waals surface area contributed by atoms with E-state index in [1.807, 2.05) is 10.8 Å². The van der Waals surface area contributed by atoms with Gasteiger partial charge in [-0.05, 0) is 41.5 Å². The lowest BCUT2D eigenvalue weighted by molar-refractivity contribution is -0.113. The molecule has 1 amide bonds. The Kier molecular flexibility index (Phi) is 5.89. The summed E-state index contributed by atoms with van der Waals surface area (Å²) in [5.74, 6) is 0.0222. The van der Waals surface area contributed by atoms with Crippen LogP contribution in [0.3, 0.4) is 0 Å². The lowest BCUT2D eigenvalue weighted by atomic mass is 9.96. The van der Waals surface area contributed by atoms with Gasteiger partial charge in [0.25, 0.3) is 0 Å². The minimum Gasteiger partial charge on any atom is -0.325 e. The summed E-state index contributed by atoms with van der Waals surface area (Å²) in [5, 5.41) is 24.5. The Morgan fingerprint density at radius 2 is 2.20 bits per heavy atom. The van der Waals surface area contributed by atoms with Gasteiger partial charge >= 0.3 is 0 Å². The molecule has 1 saturated carbocycles. The van der Waals surface area contributed by atoms with E-state index in [1.165, 1.54) is 31.0 Å². The number of carbonyl (C=O) groups excluding carboxylic acids is 1. The van der Waals surface area contributed by atoms with Crippen LogP contribution in [0.15, 0.2) is 23.4 Å². The van der Waals surface area contributed by atoms with Gasteiger partial charge in [0.05, 0.1) is 22.4 Å². The van der Waals surface area contributed by atoms with Gasteiger partial charge in [-0.2, -0.15) is 5.26 Å². The summed E-state index contributed by atoms with van der Waals surface area (Å²) in [6.45, 7) is 0. The second-order valence-corrected chi connectivity index (χ2v) is 7.19. The van der Waals surface area contributed by atoms with Crippen LogP contribution >= 0.6 is 23.4 Å². The minimum atomic E-state index is -0.177. The number of hydrogen-bond acceptors (Lipinski definition) is 6. The number of thioether (sulfide) groups is 1. The van der Waals surface area contributed by atoms with Crippen molar-refractivity contribution < 1.29 is 4.79 Å². The number of aromatic nitrogens is 4. The maximum atomic E-state index is 12.1. The first-order valence-corrected chi connectivity index (χ1v) is 9.44. The molecule has 1 aliphatic rings. The predicted octanol–water partition coefficient (Wildman–Crippen LogP) is 3.43. The highest BCUT2D eigenvalue weighted by Gasteiger charge is 2.20. The van der Waals surface area contributed by atoms with E-state index in [0.717, 1.165) is 12.8 Å². The van der Waals surface area contributed by atoms with Crippen LogP contribution in [0.4, 0.5) is 5.69 Å². The molecule has 25 heavy (non-hydrogen) atoms. The number of benzene rings is 1. The molecule has 0 saturated heterocycles. The van der Waals surface area contributed by atoms with E-state index in [0.29, 0.717) is 27.5 Å². The predicted molar refractivity (Wildman–Crippen MR) is 95.5 cm³/mol. The summed E-state index contributed by atoms with van der Waals surface area (Å²) in [7, 11) is 0. The van der Waals surface area contributed by atoms with Gasteiger partial charge in [0, 0.05) is 5.69 Å². The quantitative estimate of drug-likeness (QED) is 0.803. The molecule has 1 aromatic carbocycles. The van der Waals surface area contributed by atoms with E-state index >= 15 is 0 Å². The number of nitrogens with one attached hydrogen (secondary N) is 1. The molecule has 0 aliphatic heterocycles. The number of hydrogen-bond donors (Lipinski definition) is 1. The molecule has 2 aromatic rings. The normalized spacial score (nSPS) is 14.9. The van der Waals surface area contributed by atoms with Crippen LogP contribution in [-0.4, -0.2) is 31.9 Å². The van der Waals surface area contributed by atoms with Crippen LogP contribution in [0.25, 0.3) is 0 Å². The number of nitriles is 1.